The molecule has 1 aromatic heterocycles. The lowest BCUT2D eigenvalue weighted by molar-refractivity contribution is -0.134. The first-order valence-corrected chi connectivity index (χ1v) is 15.1. The first-order chi connectivity index (χ1) is 20.1. The number of fused-ring (bicyclic) bond motifs is 1. The van der Waals surface area contributed by atoms with Crippen molar-refractivity contribution in [2.75, 3.05) is 26.2 Å². The quantitative estimate of drug-likeness (QED) is 0.186. The smallest absolute Gasteiger partial charge is 0.237 e. The monoisotopic (exact) mass is 569 g/mol. The number of aliphatic hydroxyl groups is 1. The van der Waals surface area contributed by atoms with Crippen LogP contribution < -0.4 is 0 Å². The summed E-state index contributed by atoms with van der Waals surface area (Å²) in [4.78, 5) is 21.2. The number of aromatic amines is 1. The van der Waals surface area contributed by atoms with Crippen LogP contribution in [-0.2, 0) is 34.5 Å². The molecular formula is C36H47N3O3. The highest BCUT2D eigenvalue weighted by Gasteiger charge is 2.23. The molecule has 42 heavy (non-hydrogen) atoms. The third kappa shape index (κ3) is 9.02. The molecule has 4 rings (SSSR count). The van der Waals surface area contributed by atoms with Crippen molar-refractivity contribution in [3.05, 3.63) is 107 Å². The third-order valence-corrected chi connectivity index (χ3v) is 7.81. The fourth-order valence-electron chi connectivity index (χ4n) is 5.16. The predicted octanol–water partition coefficient (Wildman–Crippen LogP) is 6.32. The van der Waals surface area contributed by atoms with Gasteiger partial charge in [0.25, 0.3) is 0 Å². The topological polar surface area (TPSA) is 68.8 Å². The number of rotatable bonds is 14. The molecule has 1 amide bonds. The van der Waals surface area contributed by atoms with Crippen molar-refractivity contribution >= 4 is 16.8 Å². The molecule has 1 heterocycles. The molecule has 0 fully saturated rings. The number of aliphatic hydroxyl groups excluding tert-OH is 1. The molecule has 3 aromatic carbocycles. The highest BCUT2D eigenvalue weighted by Crippen LogP contribution is 2.23. The van der Waals surface area contributed by atoms with Gasteiger partial charge in [0, 0.05) is 42.8 Å². The Bertz CT molecular complexity index is 1390. The Balaban J connectivity index is 1.42. The highest BCUT2D eigenvalue weighted by molar-refractivity contribution is 5.83. The lowest BCUT2D eigenvalue weighted by atomic mass is 9.87. The van der Waals surface area contributed by atoms with E-state index in [2.05, 4.69) is 88.3 Å². The van der Waals surface area contributed by atoms with Crippen LogP contribution in [0.15, 0.2) is 85.1 Å². The van der Waals surface area contributed by atoms with Gasteiger partial charge in [-0.25, -0.2) is 0 Å². The highest BCUT2D eigenvalue weighted by atomic mass is 16.5. The first-order valence-electron chi connectivity index (χ1n) is 15.1. The van der Waals surface area contributed by atoms with E-state index >= 15 is 0 Å². The van der Waals surface area contributed by atoms with Crippen LogP contribution in [0.5, 0.6) is 0 Å². The van der Waals surface area contributed by atoms with Crippen molar-refractivity contribution in [1.29, 1.82) is 0 Å². The third-order valence-electron chi connectivity index (χ3n) is 7.81. The summed E-state index contributed by atoms with van der Waals surface area (Å²) in [6.45, 7) is 13.2. The van der Waals surface area contributed by atoms with E-state index < -0.39 is 6.10 Å². The lowest BCUT2D eigenvalue weighted by Crippen LogP contribution is -2.46. The summed E-state index contributed by atoms with van der Waals surface area (Å²) < 4.78 is 5.77. The Hall–Kier alpha value is -3.45. The zero-order valence-electron chi connectivity index (χ0n) is 25.8. The number of aromatic nitrogens is 1. The summed E-state index contributed by atoms with van der Waals surface area (Å²) in [5.41, 5.74) is 5.85. The van der Waals surface area contributed by atoms with E-state index in [1.807, 2.05) is 46.2 Å². The SMILES string of the molecule is CC(C)N(CC(=O)N(CCc1c[nH]c2ccccc12)Cc1ccc(C(C)(C)C)cc1)C[C@H](O)COCc1ccccc1. The molecule has 6 nitrogen and oxygen atoms in total. The molecule has 2 N–H and O–H groups in total. The number of benzene rings is 3. The number of H-pyrrole nitrogens is 1. The van der Waals surface area contributed by atoms with Gasteiger partial charge in [-0.15, -0.1) is 0 Å². The second-order valence-electron chi connectivity index (χ2n) is 12.5. The fourth-order valence-corrected chi connectivity index (χ4v) is 5.16. The van der Waals surface area contributed by atoms with Crippen molar-refractivity contribution in [3.63, 3.8) is 0 Å². The normalized spacial score (nSPS) is 12.8. The van der Waals surface area contributed by atoms with Crippen molar-refractivity contribution in [2.24, 2.45) is 0 Å². The maximum Gasteiger partial charge on any atom is 0.237 e. The van der Waals surface area contributed by atoms with Crippen molar-refractivity contribution in [2.45, 2.75) is 71.8 Å². The number of nitrogens with zero attached hydrogens (tertiary/aromatic N) is 2. The Kier molecular flexibility index (Phi) is 11.0. The molecule has 0 spiro atoms. The van der Waals surface area contributed by atoms with Crippen LogP contribution in [0.25, 0.3) is 10.9 Å². The second-order valence-corrected chi connectivity index (χ2v) is 12.5. The number of carbonyl (C=O) groups excluding carboxylic acids is 1. The number of nitrogens with one attached hydrogen (secondary N) is 1. The Morgan fingerprint density at radius 2 is 1.62 bits per heavy atom. The van der Waals surface area contributed by atoms with E-state index in [4.69, 9.17) is 4.74 Å². The number of para-hydroxylation sites is 1. The number of carbonyl (C=O) groups is 1. The van der Waals surface area contributed by atoms with Crippen LogP contribution in [0.4, 0.5) is 0 Å². The summed E-state index contributed by atoms with van der Waals surface area (Å²) in [7, 11) is 0. The van der Waals surface area contributed by atoms with Crippen molar-refractivity contribution in [1.82, 2.24) is 14.8 Å². The van der Waals surface area contributed by atoms with Crippen LogP contribution in [0, 0.1) is 0 Å². The zero-order valence-corrected chi connectivity index (χ0v) is 25.8. The van der Waals surface area contributed by atoms with E-state index in [-0.39, 0.29) is 30.5 Å². The van der Waals surface area contributed by atoms with Crippen molar-refractivity contribution < 1.29 is 14.6 Å². The van der Waals surface area contributed by atoms with Gasteiger partial charge < -0.3 is 19.7 Å². The van der Waals surface area contributed by atoms with Crippen LogP contribution >= 0.6 is 0 Å². The molecule has 0 saturated carbocycles. The Morgan fingerprint density at radius 3 is 2.31 bits per heavy atom. The molecule has 6 heteroatoms. The molecule has 1 atom stereocenters. The van der Waals surface area contributed by atoms with Crippen LogP contribution in [0.2, 0.25) is 0 Å². The maximum atomic E-state index is 13.9. The van der Waals surface area contributed by atoms with E-state index in [1.54, 1.807) is 0 Å². The van der Waals surface area contributed by atoms with Gasteiger partial charge >= 0.3 is 0 Å². The molecule has 0 aliphatic heterocycles. The number of hydrogen-bond acceptors (Lipinski definition) is 4. The minimum absolute atomic E-state index is 0.0563. The minimum Gasteiger partial charge on any atom is -0.389 e. The van der Waals surface area contributed by atoms with E-state index in [0.717, 1.165) is 23.1 Å². The van der Waals surface area contributed by atoms with Gasteiger partial charge in [-0.2, -0.15) is 0 Å². The molecule has 0 saturated heterocycles. The minimum atomic E-state index is -0.687. The zero-order chi connectivity index (χ0) is 30.1. The van der Waals surface area contributed by atoms with Crippen LogP contribution in [-0.4, -0.2) is 64.2 Å². The molecule has 0 aliphatic rings. The fraction of sp³-hybridized carbons (Fsp3) is 0.417. The Morgan fingerprint density at radius 1 is 0.929 bits per heavy atom. The van der Waals surface area contributed by atoms with Gasteiger partial charge in [0.1, 0.15) is 0 Å². The van der Waals surface area contributed by atoms with Gasteiger partial charge in [-0.3, -0.25) is 9.69 Å². The average Bonchev–Trinajstić information content (AvgIpc) is 3.38. The summed E-state index contributed by atoms with van der Waals surface area (Å²) >= 11 is 0. The van der Waals surface area contributed by atoms with Gasteiger partial charge in [-0.05, 0) is 54.0 Å². The van der Waals surface area contributed by atoms with Gasteiger partial charge in [0.2, 0.25) is 5.91 Å². The summed E-state index contributed by atoms with van der Waals surface area (Å²) in [5.74, 6) is 0.0563. The molecule has 0 radical (unpaired) electrons. The summed E-state index contributed by atoms with van der Waals surface area (Å²) in [6.07, 6.45) is 2.12. The lowest BCUT2D eigenvalue weighted by Gasteiger charge is -2.31. The Labute approximate surface area is 251 Å². The first kappa shape index (κ1) is 31.5. The van der Waals surface area contributed by atoms with Gasteiger partial charge in [0.05, 0.1) is 25.9 Å². The van der Waals surface area contributed by atoms with Crippen LogP contribution in [0.1, 0.15) is 56.9 Å². The molecule has 0 unspecified atom stereocenters. The van der Waals surface area contributed by atoms with Gasteiger partial charge in [-0.1, -0.05) is 93.6 Å². The standard InChI is InChI=1S/C36H47N3O3/c1-27(2)39(23-32(40)26-42-25-29-11-7-6-8-12-29)24-35(41)38(22-28-15-17-31(18-16-28)36(3,4)5)20-19-30-21-37-34-14-10-9-13-33(30)34/h6-18,21,27,32,37,40H,19-20,22-26H2,1-5H3/t32-/m0/s1. The second kappa shape index (κ2) is 14.6. The number of hydrogen-bond donors (Lipinski definition) is 2. The van der Waals surface area contributed by atoms with E-state index in [9.17, 15) is 9.90 Å². The molecule has 0 aliphatic carbocycles. The van der Waals surface area contributed by atoms with Gasteiger partial charge in [0.15, 0.2) is 0 Å². The average molecular weight is 570 g/mol. The largest absolute Gasteiger partial charge is 0.389 e. The van der Waals surface area contributed by atoms with E-state index in [1.165, 1.54) is 16.5 Å². The van der Waals surface area contributed by atoms with E-state index in [0.29, 0.717) is 26.2 Å². The molecule has 224 valence electrons. The maximum absolute atomic E-state index is 13.9. The molecule has 0 bridgehead atoms. The summed E-state index contributed by atoms with van der Waals surface area (Å²) in [6, 6.07) is 26.9. The van der Waals surface area contributed by atoms with Crippen LogP contribution in [0.3, 0.4) is 0 Å². The van der Waals surface area contributed by atoms with Crippen molar-refractivity contribution in [3.8, 4) is 0 Å². The molecular weight excluding hydrogens is 522 g/mol. The number of amides is 1. The predicted molar refractivity (Wildman–Crippen MR) is 171 cm³/mol. The number of ether oxygens (including phenoxy) is 1. The molecule has 4 aromatic rings. The summed E-state index contributed by atoms with van der Waals surface area (Å²) in [5, 5.41) is 12.0.